The Hall–Kier alpha value is -0.0862. The van der Waals surface area contributed by atoms with Crippen molar-refractivity contribution in [1.29, 1.82) is 0 Å². The molecular formula is C20H42Si2. The third-order valence-electron chi connectivity index (χ3n) is 3.87. The lowest BCUT2D eigenvalue weighted by Gasteiger charge is -2.17. The Morgan fingerprint density at radius 1 is 0.545 bits per heavy atom. The molecule has 0 aromatic rings. The maximum absolute atomic E-state index is 4.26. The van der Waals surface area contributed by atoms with E-state index in [1.807, 2.05) is 0 Å². The zero-order valence-electron chi connectivity index (χ0n) is 16.5. The average molecular weight is 339 g/mol. The molecule has 0 saturated heterocycles. The summed E-state index contributed by atoms with van der Waals surface area (Å²) in [4.78, 5) is 0. The van der Waals surface area contributed by atoms with Crippen molar-refractivity contribution in [2.75, 3.05) is 0 Å². The number of allylic oxidation sites excluding steroid dienone is 2. The summed E-state index contributed by atoms with van der Waals surface area (Å²) in [5.41, 5.74) is 3.00. The van der Waals surface area contributed by atoms with E-state index in [1.54, 1.807) is 0 Å². The quantitative estimate of drug-likeness (QED) is 0.182. The minimum Gasteiger partial charge on any atom is -0.100 e. The van der Waals surface area contributed by atoms with Crippen LogP contribution >= 0.6 is 0 Å². The molecular weight excluding hydrogens is 296 g/mol. The summed E-state index contributed by atoms with van der Waals surface area (Å²) in [7, 11) is -1.88. The Labute approximate surface area is 143 Å². The fraction of sp³-hybridized carbons (Fsp3) is 0.800. The van der Waals surface area contributed by atoms with Crippen LogP contribution in [0.2, 0.25) is 51.4 Å². The zero-order chi connectivity index (χ0) is 17.2. The molecule has 2 heteroatoms. The lowest BCUT2D eigenvalue weighted by Crippen LogP contribution is -2.19. The maximum atomic E-state index is 4.26. The summed E-state index contributed by atoms with van der Waals surface area (Å²) in [6, 6.07) is 2.62. The molecule has 0 aliphatic carbocycles. The third-order valence-corrected chi connectivity index (χ3v) is 6.99. The van der Waals surface area contributed by atoms with Gasteiger partial charge in [0.1, 0.15) is 0 Å². The summed E-state index contributed by atoms with van der Waals surface area (Å²) in [6.07, 6.45) is 10.8. The van der Waals surface area contributed by atoms with Crippen molar-refractivity contribution in [3.05, 3.63) is 24.3 Å². The molecule has 0 fully saturated rings. The summed E-state index contributed by atoms with van der Waals surface area (Å²) >= 11 is 0. The average Bonchev–Trinajstić information content (AvgIpc) is 2.27. The highest BCUT2D eigenvalue weighted by molar-refractivity contribution is 6.77. The Kier molecular flexibility index (Phi) is 10.6. The highest BCUT2D eigenvalue weighted by atomic mass is 28.3. The molecule has 0 N–H and O–H groups in total. The van der Waals surface area contributed by atoms with E-state index in [-0.39, 0.29) is 0 Å². The normalized spacial score (nSPS) is 12.5. The summed E-state index contributed by atoms with van der Waals surface area (Å²) in [5.74, 6) is 0. The first-order chi connectivity index (χ1) is 9.99. The second-order valence-electron chi connectivity index (χ2n) is 9.60. The standard InChI is InChI=1S/C20H42Si2/c1-19(17-21(3,4)5)15-13-11-9-10-12-14-16-20(2)18-22(6,7)8/h1-2,9-18H2,3-8H3. The molecule has 0 rings (SSSR count). The Morgan fingerprint density at radius 2 is 0.818 bits per heavy atom. The van der Waals surface area contributed by atoms with Crippen molar-refractivity contribution in [3.63, 3.8) is 0 Å². The van der Waals surface area contributed by atoms with Gasteiger partial charge in [0.2, 0.25) is 0 Å². The van der Waals surface area contributed by atoms with Gasteiger partial charge in [0.05, 0.1) is 0 Å². The van der Waals surface area contributed by atoms with Crippen LogP contribution in [0.3, 0.4) is 0 Å². The van der Waals surface area contributed by atoms with E-state index < -0.39 is 16.1 Å². The van der Waals surface area contributed by atoms with E-state index in [2.05, 4.69) is 52.4 Å². The van der Waals surface area contributed by atoms with Crippen molar-refractivity contribution in [2.24, 2.45) is 0 Å². The molecule has 130 valence electrons. The van der Waals surface area contributed by atoms with E-state index in [0.29, 0.717) is 0 Å². The summed E-state index contributed by atoms with van der Waals surface area (Å²) in [5, 5.41) is 0. The minimum atomic E-state index is -0.939. The van der Waals surface area contributed by atoms with Crippen LogP contribution in [0.4, 0.5) is 0 Å². The molecule has 22 heavy (non-hydrogen) atoms. The van der Waals surface area contributed by atoms with Crippen molar-refractivity contribution >= 4 is 16.1 Å². The van der Waals surface area contributed by atoms with Crippen LogP contribution in [0.25, 0.3) is 0 Å². The zero-order valence-corrected chi connectivity index (χ0v) is 18.5. The second kappa shape index (κ2) is 10.6. The van der Waals surface area contributed by atoms with Crippen LogP contribution in [0.15, 0.2) is 24.3 Å². The van der Waals surface area contributed by atoms with Crippen LogP contribution in [-0.2, 0) is 0 Å². The van der Waals surface area contributed by atoms with E-state index in [0.717, 1.165) is 0 Å². The SMILES string of the molecule is C=C(CCCCCCCCC(=C)C[Si](C)(C)C)C[Si](C)(C)C. The molecule has 0 aliphatic heterocycles. The Morgan fingerprint density at radius 3 is 1.09 bits per heavy atom. The molecule has 0 saturated carbocycles. The predicted molar refractivity (Wildman–Crippen MR) is 112 cm³/mol. The fourth-order valence-electron chi connectivity index (χ4n) is 3.13. The molecule has 0 radical (unpaired) electrons. The van der Waals surface area contributed by atoms with Gasteiger partial charge in [-0.25, -0.2) is 0 Å². The van der Waals surface area contributed by atoms with Crippen molar-refractivity contribution in [2.45, 2.75) is 103 Å². The van der Waals surface area contributed by atoms with E-state index in [9.17, 15) is 0 Å². The fourth-order valence-corrected chi connectivity index (χ4v) is 6.49. The van der Waals surface area contributed by atoms with Gasteiger partial charge in [-0.05, 0) is 37.8 Å². The smallest absolute Gasteiger partial charge is 0.0483 e. The Balaban J connectivity index is 3.45. The van der Waals surface area contributed by atoms with E-state index >= 15 is 0 Å². The van der Waals surface area contributed by atoms with Gasteiger partial charge in [0.25, 0.3) is 0 Å². The van der Waals surface area contributed by atoms with Gasteiger partial charge >= 0.3 is 0 Å². The van der Waals surface area contributed by atoms with Gasteiger partial charge in [-0.3, -0.25) is 0 Å². The first-order valence-electron chi connectivity index (χ1n) is 9.33. The Bertz CT molecular complexity index is 295. The molecule has 0 aromatic heterocycles. The van der Waals surface area contributed by atoms with Crippen molar-refractivity contribution < 1.29 is 0 Å². The molecule has 0 aliphatic rings. The number of unbranched alkanes of at least 4 members (excludes halogenated alkanes) is 5. The number of hydrogen-bond donors (Lipinski definition) is 0. The molecule has 0 spiro atoms. The van der Waals surface area contributed by atoms with Crippen LogP contribution in [-0.4, -0.2) is 16.1 Å². The molecule has 0 heterocycles. The first kappa shape index (κ1) is 21.9. The summed E-state index contributed by atoms with van der Waals surface area (Å²) < 4.78 is 0. The highest BCUT2D eigenvalue weighted by Crippen LogP contribution is 2.22. The van der Waals surface area contributed by atoms with E-state index in [4.69, 9.17) is 0 Å². The molecule has 0 nitrogen and oxygen atoms in total. The maximum Gasteiger partial charge on any atom is 0.0483 e. The van der Waals surface area contributed by atoms with Gasteiger partial charge < -0.3 is 0 Å². The monoisotopic (exact) mass is 338 g/mol. The lowest BCUT2D eigenvalue weighted by molar-refractivity contribution is 0.592. The summed E-state index contributed by atoms with van der Waals surface area (Å²) in [6.45, 7) is 23.2. The van der Waals surface area contributed by atoms with Gasteiger partial charge in [-0.15, -0.1) is 13.2 Å². The molecule has 0 unspecified atom stereocenters. The topological polar surface area (TPSA) is 0 Å². The third kappa shape index (κ3) is 16.3. The van der Waals surface area contributed by atoms with Crippen molar-refractivity contribution in [3.8, 4) is 0 Å². The first-order valence-corrected chi connectivity index (χ1v) is 16.7. The van der Waals surface area contributed by atoms with Crippen LogP contribution in [0, 0.1) is 0 Å². The van der Waals surface area contributed by atoms with Crippen LogP contribution in [0.1, 0.15) is 51.4 Å². The second-order valence-corrected chi connectivity index (χ2v) is 20.5. The number of hydrogen-bond acceptors (Lipinski definition) is 0. The lowest BCUT2D eigenvalue weighted by atomic mass is 10.0. The largest absolute Gasteiger partial charge is 0.100 e. The molecule has 0 bridgehead atoms. The van der Waals surface area contributed by atoms with E-state index in [1.165, 1.54) is 74.6 Å². The van der Waals surface area contributed by atoms with Gasteiger partial charge in [-0.1, -0.05) is 76.1 Å². The predicted octanol–water partition coefficient (Wildman–Crippen LogP) is 7.90. The molecule has 0 aromatic carbocycles. The van der Waals surface area contributed by atoms with Gasteiger partial charge in [-0.2, -0.15) is 0 Å². The number of rotatable bonds is 13. The highest BCUT2D eigenvalue weighted by Gasteiger charge is 2.14. The van der Waals surface area contributed by atoms with Crippen LogP contribution in [0.5, 0.6) is 0 Å². The van der Waals surface area contributed by atoms with Gasteiger partial charge in [0.15, 0.2) is 0 Å². The minimum absolute atomic E-state index is 0.939. The van der Waals surface area contributed by atoms with Crippen LogP contribution < -0.4 is 0 Å². The molecule has 0 atom stereocenters. The molecule has 0 amide bonds. The van der Waals surface area contributed by atoms with Crippen molar-refractivity contribution in [1.82, 2.24) is 0 Å². The van der Waals surface area contributed by atoms with Gasteiger partial charge in [0, 0.05) is 16.1 Å².